The summed E-state index contributed by atoms with van der Waals surface area (Å²) in [7, 11) is 4.80. The molecule has 6 nitrogen and oxygen atoms in total. The topological polar surface area (TPSA) is 71.4 Å². The fourth-order valence-electron chi connectivity index (χ4n) is 4.74. The molecule has 4 rings (SSSR count). The van der Waals surface area contributed by atoms with E-state index in [9.17, 15) is 10.2 Å². The molecule has 0 radical (unpaired) electrons. The number of phenols is 1. The maximum atomic E-state index is 10.8. The number of rotatable bonds is 3. The average Bonchev–Trinajstić information content (AvgIpc) is 3.03. The number of ether oxygens (including phenoxy) is 3. The van der Waals surface area contributed by atoms with Crippen LogP contribution in [-0.4, -0.2) is 55.1 Å². The van der Waals surface area contributed by atoms with Crippen molar-refractivity contribution >= 4 is 0 Å². The third-order valence-electron chi connectivity index (χ3n) is 5.64. The third kappa shape index (κ3) is 1.58. The van der Waals surface area contributed by atoms with Gasteiger partial charge in [-0.1, -0.05) is 6.07 Å². The number of aliphatic hydroxyl groups excluding tert-OH is 1. The first kappa shape index (κ1) is 14.8. The van der Waals surface area contributed by atoms with Crippen LogP contribution >= 0.6 is 0 Å². The summed E-state index contributed by atoms with van der Waals surface area (Å²) >= 11 is 0. The summed E-state index contributed by atoms with van der Waals surface area (Å²) in [5, 5.41) is 21.6. The minimum Gasteiger partial charge on any atom is -0.504 e. The molecule has 1 fully saturated rings. The third-order valence-corrected chi connectivity index (χ3v) is 5.64. The van der Waals surface area contributed by atoms with E-state index in [1.54, 1.807) is 20.3 Å². The second kappa shape index (κ2) is 4.87. The van der Waals surface area contributed by atoms with Gasteiger partial charge in [0.05, 0.1) is 19.6 Å². The van der Waals surface area contributed by atoms with Crippen molar-refractivity contribution in [2.75, 3.05) is 27.9 Å². The van der Waals surface area contributed by atoms with Gasteiger partial charge in [-0.3, -0.25) is 4.90 Å². The first-order chi connectivity index (χ1) is 11.1. The zero-order valence-electron chi connectivity index (χ0n) is 13.4. The molecule has 124 valence electrons. The second-order valence-electron chi connectivity index (χ2n) is 6.32. The van der Waals surface area contributed by atoms with Crippen LogP contribution < -0.4 is 4.74 Å². The zero-order valence-corrected chi connectivity index (χ0v) is 13.4. The molecule has 5 atom stereocenters. The number of methoxy groups -OCH3 is 3. The average molecular weight is 319 g/mol. The SMILES string of the molecule is COC1=CC2N3CCC2(c2c(ccc(OC)c2O)C3O)C1OC. The Balaban J connectivity index is 2.00. The highest BCUT2D eigenvalue weighted by atomic mass is 16.5. The van der Waals surface area contributed by atoms with E-state index in [0.717, 1.165) is 24.3 Å². The predicted octanol–water partition coefficient (Wildman–Crippen LogP) is 1.28. The lowest BCUT2D eigenvalue weighted by Gasteiger charge is -2.44. The summed E-state index contributed by atoms with van der Waals surface area (Å²) in [6.07, 6.45) is 1.72. The lowest BCUT2D eigenvalue weighted by molar-refractivity contribution is -0.0330. The highest BCUT2D eigenvalue weighted by Gasteiger charge is 2.64. The Kier molecular flexibility index (Phi) is 3.13. The summed E-state index contributed by atoms with van der Waals surface area (Å²) in [5.74, 6) is 1.23. The van der Waals surface area contributed by atoms with Crippen molar-refractivity contribution in [3.8, 4) is 11.5 Å². The molecule has 0 amide bonds. The molecule has 1 aliphatic carbocycles. The van der Waals surface area contributed by atoms with Crippen LogP contribution in [0, 0.1) is 0 Å². The molecule has 23 heavy (non-hydrogen) atoms. The van der Waals surface area contributed by atoms with Crippen molar-refractivity contribution < 1.29 is 24.4 Å². The van der Waals surface area contributed by atoms with Crippen LogP contribution in [-0.2, 0) is 14.9 Å². The maximum Gasteiger partial charge on any atom is 0.162 e. The molecular weight excluding hydrogens is 298 g/mol. The predicted molar refractivity (Wildman–Crippen MR) is 82.3 cm³/mol. The number of benzene rings is 1. The molecule has 2 aliphatic heterocycles. The molecule has 1 aromatic carbocycles. The van der Waals surface area contributed by atoms with Crippen molar-refractivity contribution in [2.24, 2.45) is 0 Å². The number of phenolic OH excluding ortho intramolecular Hbond substituents is 1. The zero-order chi connectivity index (χ0) is 16.4. The molecular formula is C17H21NO5. The summed E-state index contributed by atoms with van der Waals surface area (Å²) in [5.41, 5.74) is 0.968. The van der Waals surface area contributed by atoms with E-state index in [1.807, 2.05) is 17.0 Å². The van der Waals surface area contributed by atoms with E-state index in [0.29, 0.717) is 11.3 Å². The normalized spacial score (nSPS) is 37.1. The van der Waals surface area contributed by atoms with Gasteiger partial charge in [-0.15, -0.1) is 0 Å². The lowest BCUT2D eigenvalue weighted by atomic mass is 9.69. The monoisotopic (exact) mass is 319 g/mol. The van der Waals surface area contributed by atoms with Gasteiger partial charge in [-0.05, 0) is 18.6 Å². The first-order valence-corrected chi connectivity index (χ1v) is 7.72. The Morgan fingerprint density at radius 2 is 2.00 bits per heavy atom. The van der Waals surface area contributed by atoms with Crippen molar-refractivity contribution in [1.82, 2.24) is 4.90 Å². The van der Waals surface area contributed by atoms with Gasteiger partial charge in [-0.25, -0.2) is 0 Å². The number of nitrogens with zero attached hydrogens (tertiary/aromatic N) is 1. The smallest absolute Gasteiger partial charge is 0.162 e. The van der Waals surface area contributed by atoms with Crippen LogP contribution in [0.2, 0.25) is 0 Å². The molecule has 1 saturated heterocycles. The molecule has 2 bridgehead atoms. The minimum absolute atomic E-state index is 0.0668. The second-order valence-corrected chi connectivity index (χ2v) is 6.32. The largest absolute Gasteiger partial charge is 0.504 e. The van der Waals surface area contributed by atoms with Gasteiger partial charge in [0.25, 0.3) is 0 Å². The van der Waals surface area contributed by atoms with Crippen LogP contribution in [0.25, 0.3) is 0 Å². The van der Waals surface area contributed by atoms with Gasteiger partial charge in [0.1, 0.15) is 18.1 Å². The first-order valence-electron chi connectivity index (χ1n) is 7.72. The maximum absolute atomic E-state index is 10.8. The molecule has 1 aromatic rings. The highest BCUT2D eigenvalue weighted by Crippen LogP contribution is 2.60. The number of fused-ring (bicyclic) bond motifs is 1. The van der Waals surface area contributed by atoms with Gasteiger partial charge >= 0.3 is 0 Å². The molecule has 0 aromatic heterocycles. The standard InChI is InChI=1S/C17H21NO5/c1-21-10-5-4-9-13(14(10)19)17-6-7-18(16(9)20)12(17)8-11(22-2)15(17)23-3/h4-5,8,12,15-16,19-20H,6-7H2,1-3H3. The van der Waals surface area contributed by atoms with E-state index in [4.69, 9.17) is 14.2 Å². The summed E-state index contributed by atoms with van der Waals surface area (Å²) in [6.45, 7) is 0.732. The summed E-state index contributed by atoms with van der Waals surface area (Å²) < 4.78 is 16.6. The van der Waals surface area contributed by atoms with E-state index in [1.165, 1.54) is 7.11 Å². The highest BCUT2D eigenvalue weighted by molar-refractivity contribution is 5.60. The van der Waals surface area contributed by atoms with E-state index >= 15 is 0 Å². The Bertz CT molecular complexity index is 688. The molecule has 0 spiro atoms. The molecule has 3 aliphatic rings. The number of aromatic hydroxyl groups is 1. The summed E-state index contributed by atoms with van der Waals surface area (Å²) in [4.78, 5) is 2.03. The summed E-state index contributed by atoms with van der Waals surface area (Å²) in [6, 6.07) is 3.45. The Morgan fingerprint density at radius 3 is 2.65 bits per heavy atom. The quantitative estimate of drug-likeness (QED) is 0.874. The van der Waals surface area contributed by atoms with Crippen LogP contribution in [0.1, 0.15) is 23.8 Å². The molecule has 2 heterocycles. The fourth-order valence-corrected chi connectivity index (χ4v) is 4.74. The molecule has 2 N–H and O–H groups in total. The molecule has 0 saturated carbocycles. The Morgan fingerprint density at radius 1 is 1.22 bits per heavy atom. The Labute approximate surface area is 134 Å². The Hall–Kier alpha value is -1.76. The van der Waals surface area contributed by atoms with Gasteiger partial charge in [0, 0.05) is 30.8 Å². The van der Waals surface area contributed by atoms with Gasteiger partial charge in [0.2, 0.25) is 0 Å². The number of hydrogen-bond acceptors (Lipinski definition) is 6. The van der Waals surface area contributed by atoms with Gasteiger partial charge in [0.15, 0.2) is 11.5 Å². The van der Waals surface area contributed by atoms with Crippen molar-refractivity contribution in [3.63, 3.8) is 0 Å². The van der Waals surface area contributed by atoms with Crippen molar-refractivity contribution in [3.05, 3.63) is 35.1 Å². The van der Waals surface area contributed by atoms with E-state index in [-0.39, 0.29) is 17.9 Å². The van der Waals surface area contributed by atoms with E-state index < -0.39 is 11.6 Å². The number of aliphatic hydroxyl groups is 1. The lowest BCUT2D eigenvalue weighted by Crippen LogP contribution is -2.51. The van der Waals surface area contributed by atoms with Crippen LogP contribution in [0.5, 0.6) is 11.5 Å². The van der Waals surface area contributed by atoms with Crippen LogP contribution in [0.3, 0.4) is 0 Å². The molecule has 6 heteroatoms. The van der Waals surface area contributed by atoms with Gasteiger partial charge < -0.3 is 24.4 Å². The van der Waals surface area contributed by atoms with Crippen LogP contribution in [0.15, 0.2) is 24.0 Å². The fraction of sp³-hybridized carbons (Fsp3) is 0.529. The molecule has 5 unspecified atom stereocenters. The van der Waals surface area contributed by atoms with Crippen molar-refractivity contribution in [2.45, 2.75) is 30.2 Å². The van der Waals surface area contributed by atoms with E-state index in [2.05, 4.69) is 0 Å². The van der Waals surface area contributed by atoms with Crippen LogP contribution in [0.4, 0.5) is 0 Å². The number of hydrogen-bond donors (Lipinski definition) is 2. The van der Waals surface area contributed by atoms with Gasteiger partial charge in [-0.2, -0.15) is 0 Å². The minimum atomic E-state index is -0.757. The van der Waals surface area contributed by atoms with Crippen molar-refractivity contribution in [1.29, 1.82) is 0 Å².